The molecular weight excluding hydrogens is 258 g/mol. The van der Waals surface area contributed by atoms with Gasteiger partial charge in [0.15, 0.2) is 0 Å². The summed E-state index contributed by atoms with van der Waals surface area (Å²) in [6.45, 7) is 13.9. The van der Waals surface area contributed by atoms with Crippen LogP contribution in [0.1, 0.15) is 53.9 Å². The molecule has 118 valence electrons. The van der Waals surface area contributed by atoms with Crippen molar-refractivity contribution < 1.29 is 0 Å². The van der Waals surface area contributed by atoms with Crippen molar-refractivity contribution in [2.24, 2.45) is 5.41 Å². The number of rotatable bonds is 4. The lowest BCUT2D eigenvalue weighted by Crippen LogP contribution is -2.52. The fourth-order valence-electron chi connectivity index (χ4n) is 3.77. The van der Waals surface area contributed by atoms with Crippen LogP contribution >= 0.6 is 0 Å². The zero-order valence-electron chi connectivity index (χ0n) is 14.3. The molecule has 1 N–H and O–H groups in total. The van der Waals surface area contributed by atoms with Gasteiger partial charge in [-0.2, -0.15) is 0 Å². The first-order valence-corrected chi connectivity index (χ1v) is 8.18. The van der Waals surface area contributed by atoms with Crippen LogP contribution in [0.25, 0.3) is 0 Å². The van der Waals surface area contributed by atoms with E-state index in [1.54, 1.807) is 0 Å². The molecule has 1 aliphatic rings. The van der Waals surface area contributed by atoms with Gasteiger partial charge >= 0.3 is 0 Å². The first-order valence-electron chi connectivity index (χ1n) is 8.18. The van der Waals surface area contributed by atoms with Gasteiger partial charge < -0.3 is 10.2 Å². The number of pyridine rings is 1. The molecular formula is C18H31N3. The third kappa shape index (κ3) is 5.31. The average Bonchev–Trinajstić information content (AvgIpc) is 2.37. The summed E-state index contributed by atoms with van der Waals surface area (Å²) in [5.41, 5.74) is 1.88. The summed E-state index contributed by atoms with van der Waals surface area (Å²) in [6, 6.07) is 4.86. The molecule has 0 aromatic carbocycles. The molecule has 0 radical (unpaired) electrons. The molecule has 1 aromatic rings. The van der Waals surface area contributed by atoms with Crippen LogP contribution in [0.5, 0.6) is 0 Å². The standard InChI is InChI=1S/C18H31N3/c1-17(2,3)14-18(4,5)20-15-8-12-21(13-9-15)16-6-10-19-11-7-16/h6-7,10-11,15,20H,8-9,12-14H2,1-5H3. The van der Waals surface area contributed by atoms with E-state index in [0.29, 0.717) is 11.5 Å². The van der Waals surface area contributed by atoms with Gasteiger partial charge in [0.1, 0.15) is 0 Å². The van der Waals surface area contributed by atoms with Crippen molar-refractivity contribution in [1.82, 2.24) is 10.3 Å². The Kier molecular flexibility index (Phi) is 4.92. The summed E-state index contributed by atoms with van der Waals surface area (Å²) in [5, 5.41) is 3.88. The SMILES string of the molecule is CC(C)(C)CC(C)(C)NC1CCN(c2ccncc2)CC1. The van der Waals surface area contributed by atoms with Crippen molar-refractivity contribution >= 4 is 5.69 Å². The molecule has 0 unspecified atom stereocenters. The van der Waals surface area contributed by atoms with E-state index in [1.165, 1.54) is 24.9 Å². The van der Waals surface area contributed by atoms with Crippen LogP contribution in [-0.2, 0) is 0 Å². The molecule has 1 aliphatic heterocycles. The molecule has 0 spiro atoms. The molecule has 1 saturated heterocycles. The van der Waals surface area contributed by atoms with E-state index in [-0.39, 0.29) is 5.54 Å². The third-order valence-electron chi connectivity index (χ3n) is 4.09. The van der Waals surface area contributed by atoms with Gasteiger partial charge in [0, 0.05) is 42.8 Å². The van der Waals surface area contributed by atoms with Crippen LogP contribution in [0.15, 0.2) is 24.5 Å². The Balaban J connectivity index is 1.84. The Labute approximate surface area is 130 Å². The van der Waals surface area contributed by atoms with E-state index in [4.69, 9.17) is 0 Å². The largest absolute Gasteiger partial charge is 0.371 e. The first-order chi connectivity index (χ1) is 9.75. The monoisotopic (exact) mass is 289 g/mol. The Morgan fingerprint density at radius 3 is 2.19 bits per heavy atom. The molecule has 0 amide bonds. The zero-order chi connectivity index (χ0) is 15.5. The van der Waals surface area contributed by atoms with E-state index in [1.807, 2.05) is 12.4 Å². The van der Waals surface area contributed by atoms with Crippen molar-refractivity contribution in [2.75, 3.05) is 18.0 Å². The fraction of sp³-hybridized carbons (Fsp3) is 0.722. The lowest BCUT2D eigenvalue weighted by atomic mass is 9.81. The smallest absolute Gasteiger partial charge is 0.0397 e. The number of nitrogens with one attached hydrogen (secondary N) is 1. The van der Waals surface area contributed by atoms with Crippen molar-refractivity contribution in [3.05, 3.63) is 24.5 Å². The maximum Gasteiger partial charge on any atom is 0.0397 e. The molecule has 0 saturated carbocycles. The quantitative estimate of drug-likeness (QED) is 0.912. The minimum Gasteiger partial charge on any atom is -0.371 e. The normalized spacial score (nSPS) is 18.0. The summed E-state index contributed by atoms with van der Waals surface area (Å²) in [5.74, 6) is 0. The van der Waals surface area contributed by atoms with Gasteiger partial charge in [-0.25, -0.2) is 0 Å². The minimum absolute atomic E-state index is 0.210. The molecule has 1 aromatic heterocycles. The van der Waals surface area contributed by atoms with Gasteiger partial charge in [-0.15, -0.1) is 0 Å². The van der Waals surface area contributed by atoms with Gasteiger partial charge in [0.2, 0.25) is 0 Å². The van der Waals surface area contributed by atoms with Crippen molar-refractivity contribution in [2.45, 2.75) is 65.5 Å². The van der Waals surface area contributed by atoms with E-state index < -0.39 is 0 Å². The van der Waals surface area contributed by atoms with Crippen LogP contribution in [0.4, 0.5) is 5.69 Å². The second-order valence-corrected chi connectivity index (χ2v) is 8.23. The molecule has 21 heavy (non-hydrogen) atoms. The highest BCUT2D eigenvalue weighted by Crippen LogP contribution is 2.28. The summed E-state index contributed by atoms with van der Waals surface area (Å²) < 4.78 is 0. The molecule has 3 nitrogen and oxygen atoms in total. The van der Waals surface area contributed by atoms with Crippen LogP contribution < -0.4 is 10.2 Å². The van der Waals surface area contributed by atoms with E-state index in [0.717, 1.165) is 13.1 Å². The fourth-order valence-corrected chi connectivity index (χ4v) is 3.77. The van der Waals surface area contributed by atoms with Gasteiger partial charge in [0.25, 0.3) is 0 Å². The van der Waals surface area contributed by atoms with E-state index >= 15 is 0 Å². The van der Waals surface area contributed by atoms with Crippen molar-refractivity contribution in [3.63, 3.8) is 0 Å². The summed E-state index contributed by atoms with van der Waals surface area (Å²) in [4.78, 5) is 6.57. The maximum atomic E-state index is 4.10. The second kappa shape index (κ2) is 6.35. The number of nitrogens with zero attached hydrogens (tertiary/aromatic N) is 2. The number of hydrogen-bond donors (Lipinski definition) is 1. The van der Waals surface area contributed by atoms with Crippen LogP contribution in [0, 0.1) is 5.41 Å². The summed E-state index contributed by atoms with van der Waals surface area (Å²) >= 11 is 0. The number of aromatic nitrogens is 1. The highest BCUT2D eigenvalue weighted by Gasteiger charge is 2.29. The molecule has 2 rings (SSSR count). The van der Waals surface area contributed by atoms with Crippen LogP contribution in [0.3, 0.4) is 0 Å². The van der Waals surface area contributed by atoms with Crippen LogP contribution in [0.2, 0.25) is 0 Å². The summed E-state index contributed by atoms with van der Waals surface area (Å²) in [6.07, 6.45) is 7.40. The van der Waals surface area contributed by atoms with E-state index in [9.17, 15) is 0 Å². The van der Waals surface area contributed by atoms with Gasteiger partial charge in [0.05, 0.1) is 0 Å². The topological polar surface area (TPSA) is 28.2 Å². The molecule has 1 fully saturated rings. The predicted octanol–water partition coefficient (Wildman–Crippen LogP) is 3.85. The highest BCUT2D eigenvalue weighted by atomic mass is 15.2. The van der Waals surface area contributed by atoms with Crippen molar-refractivity contribution in [1.29, 1.82) is 0 Å². The lowest BCUT2D eigenvalue weighted by Gasteiger charge is -2.40. The van der Waals surface area contributed by atoms with Gasteiger partial charge in [-0.3, -0.25) is 4.98 Å². The molecule has 0 bridgehead atoms. The molecule has 0 aliphatic carbocycles. The Morgan fingerprint density at radius 1 is 1.10 bits per heavy atom. The third-order valence-corrected chi connectivity index (χ3v) is 4.09. The zero-order valence-corrected chi connectivity index (χ0v) is 14.3. The first kappa shape index (κ1) is 16.3. The molecule has 3 heteroatoms. The second-order valence-electron chi connectivity index (χ2n) is 8.23. The lowest BCUT2D eigenvalue weighted by molar-refractivity contribution is 0.211. The van der Waals surface area contributed by atoms with Gasteiger partial charge in [-0.1, -0.05) is 20.8 Å². The van der Waals surface area contributed by atoms with E-state index in [2.05, 4.69) is 62.0 Å². The minimum atomic E-state index is 0.210. The number of hydrogen-bond acceptors (Lipinski definition) is 3. The Hall–Kier alpha value is -1.09. The number of piperidine rings is 1. The molecule has 2 heterocycles. The Bertz CT molecular complexity index is 426. The van der Waals surface area contributed by atoms with Crippen LogP contribution in [-0.4, -0.2) is 29.7 Å². The highest BCUT2D eigenvalue weighted by molar-refractivity contribution is 5.44. The van der Waals surface area contributed by atoms with Gasteiger partial charge in [-0.05, 0) is 50.7 Å². The average molecular weight is 289 g/mol. The Morgan fingerprint density at radius 2 is 1.67 bits per heavy atom. The molecule has 0 atom stereocenters. The predicted molar refractivity (Wildman–Crippen MR) is 90.8 cm³/mol. The van der Waals surface area contributed by atoms with Crippen molar-refractivity contribution in [3.8, 4) is 0 Å². The number of anilines is 1. The maximum absolute atomic E-state index is 4.10. The summed E-state index contributed by atoms with van der Waals surface area (Å²) in [7, 11) is 0.